The average molecular weight is 556 g/mol. The van der Waals surface area contributed by atoms with Gasteiger partial charge in [0.1, 0.15) is 11.9 Å². The predicted molar refractivity (Wildman–Crippen MR) is 137 cm³/mol. The number of methoxy groups -OCH3 is 1. The van der Waals surface area contributed by atoms with E-state index in [0.29, 0.717) is 16.2 Å². The second-order valence-corrected chi connectivity index (χ2v) is 9.41. The molecule has 11 nitrogen and oxygen atoms in total. The lowest BCUT2D eigenvalue weighted by Gasteiger charge is -2.21. The molecule has 0 unspecified atom stereocenters. The summed E-state index contributed by atoms with van der Waals surface area (Å²) in [4.78, 5) is 40.2. The normalized spacial score (nSPS) is 19.3. The Kier molecular flexibility index (Phi) is 7.54. The van der Waals surface area contributed by atoms with Crippen LogP contribution in [0.3, 0.4) is 0 Å². The summed E-state index contributed by atoms with van der Waals surface area (Å²) in [6, 6.07) is 12.2. The largest absolute Gasteiger partial charge is 0.493 e. The lowest BCUT2D eigenvalue weighted by atomic mass is 10.1. The molecule has 2 aromatic carbocycles. The number of aromatic nitrogens is 2. The molecule has 1 fully saturated rings. The molecule has 4 heterocycles. The van der Waals surface area contributed by atoms with Crippen molar-refractivity contribution in [3.8, 4) is 17.2 Å². The minimum absolute atomic E-state index is 0.0614. The molecule has 3 amide bonds. The molecule has 1 aromatic heterocycles. The van der Waals surface area contributed by atoms with Gasteiger partial charge >= 0.3 is 6.55 Å². The second-order valence-electron chi connectivity index (χ2n) is 9.41. The van der Waals surface area contributed by atoms with Crippen LogP contribution in [0.4, 0.5) is 8.78 Å². The highest BCUT2D eigenvalue weighted by molar-refractivity contribution is 5.96. The summed E-state index contributed by atoms with van der Waals surface area (Å²) in [5.41, 5.74) is 1.08. The SMILES string of the molecule is COc1ccc2cc1OCC(=O)NCc1ccc(cc1)O[C@H]1CN(C(=O)c3cc(C)n(C(F)F)n3)C[C@@H]1NC2=O. The Bertz CT molecular complexity index is 1430. The number of ether oxygens (including phenoxy) is 3. The Morgan fingerprint density at radius 2 is 1.90 bits per heavy atom. The maximum atomic E-state index is 13.3. The summed E-state index contributed by atoms with van der Waals surface area (Å²) < 4.78 is 44.1. The van der Waals surface area contributed by atoms with Crippen LogP contribution in [0.15, 0.2) is 48.5 Å². The van der Waals surface area contributed by atoms with Crippen LogP contribution < -0.4 is 24.8 Å². The number of aryl methyl sites for hydroxylation is 1. The summed E-state index contributed by atoms with van der Waals surface area (Å²) in [6.07, 6.45) is -0.651. The molecule has 4 bridgehead atoms. The summed E-state index contributed by atoms with van der Waals surface area (Å²) in [5.74, 6) is -0.335. The molecule has 40 heavy (non-hydrogen) atoms. The van der Waals surface area contributed by atoms with E-state index in [-0.39, 0.29) is 54.8 Å². The number of rotatable bonds is 3. The van der Waals surface area contributed by atoms with E-state index >= 15 is 0 Å². The number of alkyl halides is 2. The summed E-state index contributed by atoms with van der Waals surface area (Å²) >= 11 is 0. The van der Waals surface area contributed by atoms with Crippen molar-refractivity contribution in [2.45, 2.75) is 32.2 Å². The molecule has 13 heteroatoms. The van der Waals surface area contributed by atoms with Crippen molar-refractivity contribution >= 4 is 17.7 Å². The fourth-order valence-corrected chi connectivity index (χ4v) is 4.59. The lowest BCUT2D eigenvalue weighted by Crippen LogP contribution is -2.45. The minimum Gasteiger partial charge on any atom is -0.493 e. The van der Waals surface area contributed by atoms with Crippen LogP contribution >= 0.6 is 0 Å². The first-order valence-corrected chi connectivity index (χ1v) is 12.5. The molecule has 2 N–H and O–H groups in total. The molecule has 0 spiro atoms. The van der Waals surface area contributed by atoms with E-state index in [2.05, 4.69) is 15.7 Å². The smallest absolute Gasteiger partial charge is 0.333 e. The van der Waals surface area contributed by atoms with Crippen molar-refractivity contribution < 1.29 is 37.4 Å². The number of benzene rings is 2. The van der Waals surface area contributed by atoms with E-state index in [1.54, 1.807) is 36.4 Å². The molecule has 0 saturated carbocycles. The van der Waals surface area contributed by atoms with Crippen molar-refractivity contribution in [3.05, 3.63) is 71.0 Å². The van der Waals surface area contributed by atoms with Crippen molar-refractivity contribution in [1.82, 2.24) is 25.3 Å². The van der Waals surface area contributed by atoms with Crippen LogP contribution in [0.25, 0.3) is 0 Å². The van der Waals surface area contributed by atoms with E-state index in [0.717, 1.165) is 5.56 Å². The van der Waals surface area contributed by atoms with Gasteiger partial charge in [-0.1, -0.05) is 12.1 Å². The first-order valence-electron chi connectivity index (χ1n) is 12.5. The van der Waals surface area contributed by atoms with Crippen LogP contribution in [0.2, 0.25) is 0 Å². The molecule has 6 rings (SSSR count). The number of amides is 3. The molecule has 3 aliphatic heterocycles. The lowest BCUT2D eigenvalue weighted by molar-refractivity contribution is -0.123. The number of carbonyl (C=O) groups excluding carboxylic acids is 3. The molecule has 1 saturated heterocycles. The highest BCUT2D eigenvalue weighted by Crippen LogP contribution is 2.29. The number of nitrogens with zero attached hydrogens (tertiary/aromatic N) is 3. The van der Waals surface area contributed by atoms with Crippen molar-refractivity contribution in [1.29, 1.82) is 0 Å². The number of hydrogen-bond donors (Lipinski definition) is 2. The number of nitrogens with one attached hydrogen (secondary N) is 2. The van der Waals surface area contributed by atoms with E-state index in [9.17, 15) is 23.2 Å². The predicted octanol–water partition coefficient (Wildman–Crippen LogP) is 2.31. The first-order chi connectivity index (χ1) is 19.2. The monoisotopic (exact) mass is 555 g/mol. The number of hydrogen-bond acceptors (Lipinski definition) is 7. The van der Waals surface area contributed by atoms with Crippen LogP contribution in [0, 0.1) is 6.92 Å². The van der Waals surface area contributed by atoms with Crippen LogP contribution in [0.1, 0.15) is 38.7 Å². The van der Waals surface area contributed by atoms with Gasteiger partial charge in [0.25, 0.3) is 17.7 Å². The molecular formula is C27H27F2N5O6. The summed E-state index contributed by atoms with van der Waals surface area (Å²) in [7, 11) is 1.44. The van der Waals surface area contributed by atoms with Gasteiger partial charge in [0.15, 0.2) is 23.8 Å². The molecule has 0 radical (unpaired) electrons. The van der Waals surface area contributed by atoms with Crippen LogP contribution in [-0.4, -0.2) is 71.4 Å². The zero-order valence-corrected chi connectivity index (χ0v) is 21.7. The maximum absolute atomic E-state index is 13.3. The Hall–Kier alpha value is -4.68. The van der Waals surface area contributed by atoms with Gasteiger partial charge in [-0.3, -0.25) is 14.4 Å². The Labute approximate surface area is 228 Å². The third kappa shape index (κ3) is 5.67. The maximum Gasteiger partial charge on any atom is 0.333 e. The second kappa shape index (κ2) is 11.2. The van der Waals surface area contributed by atoms with Crippen molar-refractivity contribution in [2.75, 3.05) is 26.8 Å². The van der Waals surface area contributed by atoms with Crippen molar-refractivity contribution in [2.24, 2.45) is 0 Å². The summed E-state index contributed by atoms with van der Waals surface area (Å²) in [6.45, 7) is -1.32. The fourth-order valence-electron chi connectivity index (χ4n) is 4.59. The first kappa shape index (κ1) is 26.9. The van der Waals surface area contributed by atoms with Gasteiger partial charge in [-0.2, -0.15) is 13.9 Å². The van der Waals surface area contributed by atoms with Gasteiger partial charge in [0.05, 0.1) is 19.7 Å². The number of halogens is 2. The number of carbonyl (C=O) groups is 3. The van der Waals surface area contributed by atoms with Gasteiger partial charge in [-0.05, 0) is 48.9 Å². The van der Waals surface area contributed by atoms with Gasteiger partial charge < -0.3 is 29.7 Å². The topological polar surface area (TPSA) is 124 Å². The number of fused-ring (bicyclic) bond motifs is 7. The van der Waals surface area contributed by atoms with E-state index in [1.807, 2.05) is 0 Å². The molecule has 2 atom stereocenters. The molecule has 0 aliphatic carbocycles. The van der Waals surface area contributed by atoms with Gasteiger partial charge in [0.2, 0.25) is 0 Å². The Morgan fingerprint density at radius 1 is 1.12 bits per heavy atom. The van der Waals surface area contributed by atoms with E-state index < -0.39 is 30.5 Å². The quantitative estimate of drug-likeness (QED) is 0.508. The van der Waals surface area contributed by atoms with Gasteiger partial charge in [-0.15, -0.1) is 0 Å². The van der Waals surface area contributed by atoms with Gasteiger partial charge in [-0.25, -0.2) is 4.68 Å². The molecular weight excluding hydrogens is 528 g/mol. The van der Waals surface area contributed by atoms with E-state index in [4.69, 9.17) is 14.2 Å². The highest BCUT2D eigenvalue weighted by atomic mass is 19.3. The van der Waals surface area contributed by atoms with Crippen molar-refractivity contribution in [3.63, 3.8) is 0 Å². The van der Waals surface area contributed by atoms with Crippen LogP contribution in [0.5, 0.6) is 17.2 Å². The third-order valence-corrected chi connectivity index (χ3v) is 6.68. The van der Waals surface area contributed by atoms with E-state index in [1.165, 1.54) is 31.1 Å². The minimum atomic E-state index is -2.88. The van der Waals surface area contributed by atoms with Crippen LogP contribution in [-0.2, 0) is 11.3 Å². The average Bonchev–Trinajstić information content (AvgIpc) is 3.53. The molecule has 3 aromatic rings. The Balaban J connectivity index is 1.44. The zero-order valence-electron chi connectivity index (χ0n) is 21.7. The van der Waals surface area contributed by atoms with Gasteiger partial charge in [0, 0.05) is 24.3 Å². The third-order valence-electron chi connectivity index (χ3n) is 6.68. The number of likely N-dealkylation sites (tertiary alicyclic amines) is 1. The standard InChI is InChI=1S/C27H27F2N5O6/c1-15-9-19(32-34(15)27(28)29)26(37)33-12-20-23(13-33)40-18-6-3-16(4-7-18)11-30-24(35)14-39-22-10-17(25(36)31-20)5-8-21(22)38-2/h3-10,20,23,27H,11-14H2,1-2H3,(H,30,35)(H,31,36)/t20-,23-/m0/s1. The molecule has 210 valence electrons. The highest BCUT2D eigenvalue weighted by Gasteiger charge is 2.39. The summed E-state index contributed by atoms with van der Waals surface area (Å²) in [5, 5.41) is 9.44. The molecule has 3 aliphatic rings. The fraction of sp³-hybridized carbons (Fsp3) is 0.333. The zero-order chi connectivity index (χ0) is 28.4. The Morgan fingerprint density at radius 3 is 2.60 bits per heavy atom.